The molecule has 20 heavy (non-hydrogen) atoms. The van der Waals surface area contributed by atoms with Gasteiger partial charge in [0, 0.05) is 5.69 Å². The maximum Gasteiger partial charge on any atom is 0.339 e. The Labute approximate surface area is 115 Å². The molecule has 0 aliphatic rings. The van der Waals surface area contributed by atoms with Crippen LogP contribution in [0.3, 0.4) is 0 Å². The second kappa shape index (κ2) is 5.76. The van der Waals surface area contributed by atoms with Gasteiger partial charge in [-0.25, -0.2) is 4.79 Å². The number of rotatable bonds is 4. The van der Waals surface area contributed by atoms with Gasteiger partial charge in [0.1, 0.15) is 17.9 Å². The highest BCUT2D eigenvalue weighted by atomic mass is 16.5. The molecule has 0 atom stereocenters. The van der Waals surface area contributed by atoms with Crippen LogP contribution in [0.1, 0.15) is 21.5 Å². The summed E-state index contributed by atoms with van der Waals surface area (Å²) in [5.74, 6) is -0.855. The third-order valence-electron chi connectivity index (χ3n) is 2.68. The Hall–Kier alpha value is -3.00. The molecule has 0 aromatic heterocycles. The summed E-state index contributed by atoms with van der Waals surface area (Å²) in [6.45, 7) is 0.180. The second-order valence-electron chi connectivity index (χ2n) is 4.16. The fourth-order valence-electron chi connectivity index (χ4n) is 1.73. The summed E-state index contributed by atoms with van der Waals surface area (Å²) in [6.07, 6.45) is 0. The molecule has 0 amide bonds. The lowest BCUT2D eigenvalue weighted by Gasteiger charge is -2.10. The van der Waals surface area contributed by atoms with Crippen molar-refractivity contribution in [1.29, 1.82) is 5.26 Å². The predicted octanol–water partition coefficient (Wildman–Crippen LogP) is 2.42. The number of hydrogen-bond donors (Lipinski definition) is 2. The highest BCUT2D eigenvalue weighted by Crippen LogP contribution is 2.22. The lowest BCUT2D eigenvalue weighted by atomic mass is 10.1. The first-order valence-corrected chi connectivity index (χ1v) is 5.85. The first kappa shape index (κ1) is 13.4. The molecule has 0 bridgehead atoms. The summed E-state index contributed by atoms with van der Waals surface area (Å²) in [5.41, 5.74) is 7.25. The largest absolute Gasteiger partial charge is 0.488 e. The standard InChI is InChI=1S/C15H12N2O3/c16-8-10-2-1-3-11(6-10)9-20-14-5-4-12(17)7-13(14)15(18)19/h1-7H,9,17H2,(H,18,19). The normalized spacial score (nSPS) is 9.75. The third kappa shape index (κ3) is 3.06. The number of carboxylic acids is 1. The van der Waals surface area contributed by atoms with Crippen molar-refractivity contribution in [2.24, 2.45) is 0 Å². The van der Waals surface area contributed by atoms with Crippen molar-refractivity contribution in [3.63, 3.8) is 0 Å². The number of ether oxygens (including phenoxy) is 1. The first-order valence-electron chi connectivity index (χ1n) is 5.85. The maximum atomic E-state index is 11.1. The molecule has 2 aromatic rings. The van der Waals surface area contributed by atoms with Gasteiger partial charge in [0.15, 0.2) is 0 Å². The smallest absolute Gasteiger partial charge is 0.339 e. The molecule has 0 fully saturated rings. The van der Waals surface area contributed by atoms with E-state index >= 15 is 0 Å². The predicted molar refractivity (Wildman–Crippen MR) is 73.3 cm³/mol. The van der Waals surface area contributed by atoms with E-state index in [0.717, 1.165) is 5.56 Å². The van der Waals surface area contributed by atoms with Gasteiger partial charge in [-0.05, 0) is 35.9 Å². The van der Waals surface area contributed by atoms with Crippen LogP contribution in [0.25, 0.3) is 0 Å². The van der Waals surface area contributed by atoms with Crippen molar-refractivity contribution in [1.82, 2.24) is 0 Å². The highest BCUT2D eigenvalue weighted by molar-refractivity contribution is 5.92. The Morgan fingerprint density at radius 2 is 2.10 bits per heavy atom. The van der Waals surface area contributed by atoms with Crippen molar-refractivity contribution in [2.45, 2.75) is 6.61 Å². The van der Waals surface area contributed by atoms with Crippen LogP contribution < -0.4 is 10.5 Å². The van der Waals surface area contributed by atoms with E-state index in [0.29, 0.717) is 11.3 Å². The van der Waals surface area contributed by atoms with Crippen molar-refractivity contribution < 1.29 is 14.6 Å². The quantitative estimate of drug-likeness (QED) is 0.830. The van der Waals surface area contributed by atoms with Crippen LogP contribution in [0.4, 0.5) is 5.69 Å². The molecule has 0 aliphatic carbocycles. The average molecular weight is 268 g/mol. The van der Waals surface area contributed by atoms with Gasteiger partial charge in [-0.3, -0.25) is 0 Å². The number of carbonyl (C=O) groups is 1. The van der Waals surface area contributed by atoms with E-state index < -0.39 is 5.97 Å². The zero-order chi connectivity index (χ0) is 14.5. The fourth-order valence-corrected chi connectivity index (χ4v) is 1.73. The molecule has 0 saturated carbocycles. The number of hydrogen-bond acceptors (Lipinski definition) is 4. The number of nitrogen functional groups attached to an aromatic ring is 1. The van der Waals surface area contributed by atoms with Gasteiger partial charge >= 0.3 is 5.97 Å². The molecule has 2 rings (SSSR count). The average Bonchev–Trinajstić information content (AvgIpc) is 2.46. The molecule has 2 aromatic carbocycles. The lowest BCUT2D eigenvalue weighted by molar-refractivity contribution is 0.0692. The van der Waals surface area contributed by atoms with Crippen LogP contribution in [0.15, 0.2) is 42.5 Å². The molecule has 0 saturated heterocycles. The molecule has 3 N–H and O–H groups in total. The Morgan fingerprint density at radius 3 is 2.80 bits per heavy atom. The number of anilines is 1. The second-order valence-corrected chi connectivity index (χ2v) is 4.16. The van der Waals surface area contributed by atoms with Crippen LogP contribution in [0.5, 0.6) is 5.75 Å². The van der Waals surface area contributed by atoms with Gasteiger partial charge in [0.05, 0.1) is 11.6 Å². The number of aromatic carboxylic acids is 1. The van der Waals surface area contributed by atoms with Gasteiger partial charge in [-0.2, -0.15) is 5.26 Å². The molecule has 100 valence electrons. The minimum Gasteiger partial charge on any atom is -0.488 e. The summed E-state index contributed by atoms with van der Waals surface area (Å²) in [7, 11) is 0. The molecule has 5 nitrogen and oxygen atoms in total. The van der Waals surface area contributed by atoms with Gasteiger partial charge < -0.3 is 15.6 Å². The van der Waals surface area contributed by atoms with E-state index in [1.165, 1.54) is 12.1 Å². The summed E-state index contributed by atoms with van der Waals surface area (Å²) in [4.78, 5) is 11.1. The maximum absolute atomic E-state index is 11.1. The molecule has 0 heterocycles. The van der Waals surface area contributed by atoms with Crippen molar-refractivity contribution in [3.05, 3.63) is 59.2 Å². The molecule has 0 radical (unpaired) electrons. The van der Waals surface area contributed by atoms with Crippen molar-refractivity contribution >= 4 is 11.7 Å². The monoisotopic (exact) mass is 268 g/mol. The van der Waals surface area contributed by atoms with E-state index in [1.807, 2.05) is 6.07 Å². The van der Waals surface area contributed by atoms with Crippen LogP contribution in [0, 0.1) is 11.3 Å². The molecule has 0 unspecified atom stereocenters. The van der Waals surface area contributed by atoms with Gasteiger partial charge in [0.25, 0.3) is 0 Å². The number of nitrogens with two attached hydrogens (primary N) is 1. The third-order valence-corrected chi connectivity index (χ3v) is 2.68. The van der Waals surface area contributed by atoms with Crippen molar-refractivity contribution in [2.75, 3.05) is 5.73 Å². The zero-order valence-electron chi connectivity index (χ0n) is 10.5. The Balaban J connectivity index is 2.19. The fraction of sp³-hybridized carbons (Fsp3) is 0.0667. The van der Waals surface area contributed by atoms with Gasteiger partial charge in [-0.1, -0.05) is 12.1 Å². The van der Waals surface area contributed by atoms with E-state index in [1.54, 1.807) is 30.3 Å². The van der Waals surface area contributed by atoms with Gasteiger partial charge in [-0.15, -0.1) is 0 Å². The van der Waals surface area contributed by atoms with E-state index in [2.05, 4.69) is 0 Å². The Morgan fingerprint density at radius 1 is 1.30 bits per heavy atom. The zero-order valence-corrected chi connectivity index (χ0v) is 10.5. The molecule has 5 heteroatoms. The summed E-state index contributed by atoms with van der Waals surface area (Å²) < 4.78 is 5.49. The first-order chi connectivity index (χ1) is 9.60. The lowest BCUT2D eigenvalue weighted by Crippen LogP contribution is -2.04. The summed E-state index contributed by atoms with van der Waals surface area (Å²) in [6, 6.07) is 13.4. The van der Waals surface area contributed by atoms with E-state index in [-0.39, 0.29) is 17.9 Å². The van der Waals surface area contributed by atoms with Crippen LogP contribution >= 0.6 is 0 Å². The SMILES string of the molecule is N#Cc1cccc(COc2ccc(N)cc2C(=O)O)c1. The molecular weight excluding hydrogens is 256 g/mol. The van der Waals surface area contributed by atoms with E-state index in [4.69, 9.17) is 20.8 Å². The Bertz CT molecular complexity index is 690. The topological polar surface area (TPSA) is 96.3 Å². The number of nitrogens with zero attached hydrogens (tertiary/aromatic N) is 1. The number of carboxylic acid groups (broad SMARTS) is 1. The molecular formula is C15H12N2O3. The minimum absolute atomic E-state index is 0.0152. The summed E-state index contributed by atoms with van der Waals surface area (Å²) >= 11 is 0. The number of benzene rings is 2. The highest BCUT2D eigenvalue weighted by Gasteiger charge is 2.11. The molecule has 0 aliphatic heterocycles. The molecule has 0 spiro atoms. The summed E-state index contributed by atoms with van der Waals surface area (Å²) in [5, 5.41) is 17.9. The van der Waals surface area contributed by atoms with Crippen molar-refractivity contribution in [3.8, 4) is 11.8 Å². The van der Waals surface area contributed by atoms with E-state index in [9.17, 15) is 4.79 Å². The van der Waals surface area contributed by atoms with Crippen LogP contribution in [-0.2, 0) is 6.61 Å². The van der Waals surface area contributed by atoms with Crippen LogP contribution in [0.2, 0.25) is 0 Å². The Kier molecular flexibility index (Phi) is 3.87. The van der Waals surface area contributed by atoms with Gasteiger partial charge in [0.2, 0.25) is 0 Å². The number of nitriles is 1. The van der Waals surface area contributed by atoms with Crippen LogP contribution in [-0.4, -0.2) is 11.1 Å². The minimum atomic E-state index is -1.10.